The molecule has 0 radical (unpaired) electrons. The number of rotatable bonds is 3. The van der Waals surface area contributed by atoms with E-state index in [2.05, 4.69) is 65.3 Å². The highest BCUT2D eigenvalue weighted by atomic mass is 79.9. The van der Waals surface area contributed by atoms with Crippen molar-refractivity contribution in [1.29, 1.82) is 0 Å². The Morgan fingerprint density at radius 1 is 1.05 bits per heavy atom. The number of halogens is 1. The molecule has 0 amide bonds. The van der Waals surface area contributed by atoms with Crippen LogP contribution in [0.5, 0.6) is 0 Å². The minimum atomic E-state index is 0.299. The van der Waals surface area contributed by atoms with Gasteiger partial charge in [0.15, 0.2) is 0 Å². The van der Waals surface area contributed by atoms with Crippen molar-refractivity contribution in [3.8, 4) is 0 Å². The second-order valence-electron chi connectivity index (χ2n) is 5.67. The molecule has 1 atom stereocenters. The van der Waals surface area contributed by atoms with Gasteiger partial charge in [0.1, 0.15) is 0 Å². The van der Waals surface area contributed by atoms with E-state index in [9.17, 15) is 0 Å². The van der Waals surface area contributed by atoms with Crippen LogP contribution in [0.1, 0.15) is 38.2 Å². The summed E-state index contributed by atoms with van der Waals surface area (Å²) in [6.07, 6.45) is 3.51. The molecule has 106 valence electrons. The number of thiophene rings is 1. The van der Waals surface area contributed by atoms with Gasteiger partial charge in [-0.25, -0.2) is 0 Å². The summed E-state index contributed by atoms with van der Waals surface area (Å²) < 4.78 is 0. The maximum atomic E-state index is 3.94. The molecule has 3 aromatic rings. The summed E-state index contributed by atoms with van der Waals surface area (Å²) in [5.74, 6) is 0. The Bertz CT molecular complexity index is 805. The van der Waals surface area contributed by atoms with E-state index in [0.29, 0.717) is 4.83 Å². The van der Waals surface area contributed by atoms with Crippen LogP contribution < -0.4 is 0 Å². The molecule has 4 rings (SSSR count). The third-order valence-corrected chi connectivity index (χ3v) is 7.05. The summed E-state index contributed by atoms with van der Waals surface area (Å²) in [7, 11) is 0. The molecule has 0 fully saturated rings. The zero-order valence-electron chi connectivity index (χ0n) is 12.0. The van der Waals surface area contributed by atoms with Gasteiger partial charge < -0.3 is 0 Å². The van der Waals surface area contributed by atoms with E-state index in [-0.39, 0.29) is 0 Å². The third-order valence-electron chi connectivity index (χ3n) is 4.46. The molecule has 1 aromatic heterocycles. The fourth-order valence-electron chi connectivity index (χ4n) is 3.36. The number of alkyl halides is 1. The lowest BCUT2D eigenvalue weighted by molar-refractivity contribution is 1.02. The molecule has 0 saturated carbocycles. The molecule has 1 aliphatic carbocycles. The smallest absolute Gasteiger partial charge is 0.0744 e. The van der Waals surface area contributed by atoms with Crippen LogP contribution in [-0.4, -0.2) is 0 Å². The van der Waals surface area contributed by atoms with Crippen molar-refractivity contribution in [3.63, 3.8) is 0 Å². The van der Waals surface area contributed by atoms with E-state index in [0.717, 1.165) is 6.42 Å². The van der Waals surface area contributed by atoms with Crippen LogP contribution >= 0.6 is 27.3 Å². The lowest BCUT2D eigenvalue weighted by Crippen LogP contribution is -1.93. The maximum absolute atomic E-state index is 3.94. The Kier molecular flexibility index (Phi) is 3.39. The van der Waals surface area contributed by atoms with Crippen molar-refractivity contribution in [1.82, 2.24) is 0 Å². The Balaban J connectivity index is 1.87. The maximum Gasteiger partial charge on any atom is 0.0744 e. The largest absolute Gasteiger partial charge is 0.144 e. The van der Waals surface area contributed by atoms with Crippen LogP contribution in [-0.2, 0) is 19.3 Å². The minimum absolute atomic E-state index is 0.299. The monoisotopic (exact) mass is 356 g/mol. The fraction of sp³-hybridized carbons (Fsp3) is 0.263. The molecule has 2 heteroatoms. The van der Waals surface area contributed by atoms with E-state index in [1.165, 1.54) is 50.1 Å². The van der Waals surface area contributed by atoms with Crippen molar-refractivity contribution < 1.29 is 0 Å². The number of hydrogen-bond donors (Lipinski definition) is 0. The zero-order chi connectivity index (χ0) is 14.4. The van der Waals surface area contributed by atoms with Crippen LogP contribution in [0.15, 0.2) is 42.5 Å². The quantitative estimate of drug-likeness (QED) is 0.501. The van der Waals surface area contributed by atoms with Gasteiger partial charge in [-0.2, -0.15) is 0 Å². The molecule has 0 aliphatic heterocycles. The summed E-state index contributed by atoms with van der Waals surface area (Å²) >= 11 is 5.86. The van der Waals surface area contributed by atoms with E-state index in [4.69, 9.17) is 0 Å². The first-order chi connectivity index (χ1) is 10.3. The Morgan fingerprint density at radius 2 is 1.86 bits per heavy atom. The van der Waals surface area contributed by atoms with Crippen molar-refractivity contribution in [3.05, 3.63) is 68.9 Å². The summed E-state index contributed by atoms with van der Waals surface area (Å²) in [6.45, 7) is 2.22. The topological polar surface area (TPSA) is 0 Å². The van der Waals surface area contributed by atoms with Gasteiger partial charge >= 0.3 is 0 Å². The standard InChI is InChI=1S/C19H17BrS/c1-2-14-9-11-17(21-14)19(20)16-10-8-13-7-6-12-4-3-5-15(16)18(12)13/h3-5,8-11,19H,2,6-7H2,1H3. The molecule has 21 heavy (non-hydrogen) atoms. The predicted molar refractivity (Wildman–Crippen MR) is 95.8 cm³/mol. The molecule has 1 unspecified atom stereocenters. The second-order valence-corrected chi connectivity index (χ2v) is 7.79. The highest BCUT2D eigenvalue weighted by Crippen LogP contribution is 2.41. The highest BCUT2D eigenvalue weighted by molar-refractivity contribution is 9.09. The molecule has 0 N–H and O–H groups in total. The van der Waals surface area contributed by atoms with Gasteiger partial charge in [-0.15, -0.1) is 11.3 Å². The molecule has 1 aliphatic rings. The normalized spacial score (nSPS) is 14.8. The minimum Gasteiger partial charge on any atom is -0.144 e. The van der Waals surface area contributed by atoms with E-state index in [1.54, 1.807) is 0 Å². The number of hydrogen-bond acceptors (Lipinski definition) is 1. The van der Waals surface area contributed by atoms with Crippen molar-refractivity contribution in [2.45, 2.75) is 31.0 Å². The molecule has 0 saturated heterocycles. The first-order valence-electron chi connectivity index (χ1n) is 7.54. The zero-order valence-corrected chi connectivity index (χ0v) is 14.4. The molecule has 0 bridgehead atoms. The van der Waals surface area contributed by atoms with Gasteiger partial charge in [0.2, 0.25) is 0 Å². The van der Waals surface area contributed by atoms with Gasteiger partial charge in [-0.05, 0) is 58.9 Å². The van der Waals surface area contributed by atoms with Crippen molar-refractivity contribution >= 4 is 38.0 Å². The van der Waals surface area contributed by atoms with Gasteiger partial charge in [-0.1, -0.05) is 53.2 Å². The summed E-state index contributed by atoms with van der Waals surface area (Å²) in [4.78, 5) is 3.17. The van der Waals surface area contributed by atoms with E-state index < -0.39 is 0 Å². The van der Waals surface area contributed by atoms with Gasteiger partial charge in [0.25, 0.3) is 0 Å². The molecule has 2 aromatic carbocycles. The van der Waals surface area contributed by atoms with Crippen LogP contribution in [0.25, 0.3) is 10.8 Å². The average Bonchev–Trinajstić information content (AvgIpc) is 3.15. The number of benzene rings is 2. The SMILES string of the molecule is CCc1ccc(C(Br)c2ccc3c4c(cccc24)CC3)s1. The summed E-state index contributed by atoms with van der Waals surface area (Å²) in [5.41, 5.74) is 4.44. The summed E-state index contributed by atoms with van der Waals surface area (Å²) in [5, 5.41) is 2.93. The summed E-state index contributed by atoms with van der Waals surface area (Å²) in [6, 6.07) is 16.0. The predicted octanol–water partition coefficient (Wildman–Crippen LogP) is 6.05. The lowest BCUT2D eigenvalue weighted by atomic mass is 9.98. The van der Waals surface area contributed by atoms with E-state index in [1.807, 2.05) is 11.3 Å². The van der Waals surface area contributed by atoms with Crippen LogP contribution in [0.3, 0.4) is 0 Å². The van der Waals surface area contributed by atoms with Gasteiger partial charge in [0, 0.05) is 9.75 Å². The van der Waals surface area contributed by atoms with Crippen molar-refractivity contribution in [2.24, 2.45) is 0 Å². The first-order valence-corrected chi connectivity index (χ1v) is 9.27. The van der Waals surface area contributed by atoms with Gasteiger partial charge in [0.05, 0.1) is 4.83 Å². The lowest BCUT2D eigenvalue weighted by Gasteiger charge is -2.13. The molecule has 1 heterocycles. The molecule has 0 nitrogen and oxygen atoms in total. The molecule has 0 spiro atoms. The van der Waals surface area contributed by atoms with Crippen molar-refractivity contribution in [2.75, 3.05) is 0 Å². The van der Waals surface area contributed by atoms with Gasteiger partial charge in [-0.3, -0.25) is 0 Å². The van der Waals surface area contributed by atoms with Crippen LogP contribution in [0, 0.1) is 0 Å². The Morgan fingerprint density at radius 3 is 2.62 bits per heavy atom. The van der Waals surface area contributed by atoms with E-state index >= 15 is 0 Å². The van der Waals surface area contributed by atoms with Crippen LogP contribution in [0.2, 0.25) is 0 Å². The first kappa shape index (κ1) is 13.5. The fourth-order valence-corrected chi connectivity index (χ4v) is 5.15. The molecular formula is C19H17BrS. The Labute approximate surface area is 137 Å². The van der Waals surface area contributed by atoms with Crippen LogP contribution in [0.4, 0.5) is 0 Å². The second kappa shape index (κ2) is 5.26. The molecular weight excluding hydrogens is 340 g/mol. The number of aryl methyl sites for hydroxylation is 3. The Hall–Kier alpha value is -1.12. The highest BCUT2D eigenvalue weighted by Gasteiger charge is 2.20. The average molecular weight is 357 g/mol. The third kappa shape index (κ3) is 2.16.